The van der Waals surface area contributed by atoms with Gasteiger partial charge in [-0.3, -0.25) is 14.9 Å². The molecule has 1 aliphatic rings. The lowest BCUT2D eigenvalue weighted by molar-refractivity contribution is 0.0357. The highest BCUT2D eigenvalue weighted by atomic mass is 16.5. The minimum atomic E-state index is 0.457. The van der Waals surface area contributed by atoms with Crippen molar-refractivity contribution in [1.82, 2.24) is 14.9 Å². The average molecular weight is 510 g/mol. The molecule has 0 atom stereocenters. The SMILES string of the molecule is COc1c(OCCCN2CCOCC2)ccc2c(Nc3ccc(Cc4cccnc4)cc3)c(C#N)cnc12. The van der Waals surface area contributed by atoms with Crippen LogP contribution < -0.4 is 14.8 Å². The Labute approximate surface area is 222 Å². The molecular formula is C30H31N5O3. The van der Waals surface area contributed by atoms with Crippen molar-refractivity contribution >= 4 is 22.3 Å². The first-order valence-corrected chi connectivity index (χ1v) is 12.8. The van der Waals surface area contributed by atoms with Crippen LogP contribution in [0.5, 0.6) is 11.5 Å². The van der Waals surface area contributed by atoms with E-state index in [1.165, 1.54) is 5.56 Å². The number of morpholine rings is 1. The van der Waals surface area contributed by atoms with Crippen LogP contribution in [0.1, 0.15) is 23.1 Å². The topological polar surface area (TPSA) is 92.5 Å². The molecule has 1 N–H and O–H groups in total. The van der Waals surface area contributed by atoms with Crippen molar-refractivity contribution in [3.05, 3.63) is 83.8 Å². The van der Waals surface area contributed by atoms with Crippen LogP contribution in [0.2, 0.25) is 0 Å². The Kier molecular flexibility index (Phi) is 8.29. The fourth-order valence-electron chi connectivity index (χ4n) is 4.64. The molecule has 0 amide bonds. The zero-order chi connectivity index (χ0) is 26.2. The number of pyridine rings is 2. The number of nitrogens with zero attached hydrogens (tertiary/aromatic N) is 4. The number of anilines is 2. The summed E-state index contributed by atoms with van der Waals surface area (Å²) >= 11 is 0. The fraction of sp³-hybridized carbons (Fsp3) is 0.300. The summed E-state index contributed by atoms with van der Waals surface area (Å²) < 4.78 is 17.2. The number of fused-ring (bicyclic) bond motifs is 1. The van der Waals surface area contributed by atoms with Gasteiger partial charge in [-0.1, -0.05) is 18.2 Å². The van der Waals surface area contributed by atoms with E-state index in [0.717, 1.165) is 62.3 Å². The average Bonchev–Trinajstić information content (AvgIpc) is 2.97. The van der Waals surface area contributed by atoms with E-state index in [4.69, 9.17) is 14.2 Å². The fourth-order valence-corrected chi connectivity index (χ4v) is 4.64. The standard InChI is InChI=1S/C30H31N5O3/c1-36-30-27(38-15-3-12-35-13-16-37-17-14-35)10-9-26-28(24(19-31)21-33-29(26)30)34-25-7-5-22(6-8-25)18-23-4-2-11-32-20-23/h2,4-11,20-21H,3,12-18H2,1H3,(H,33,34). The zero-order valence-corrected chi connectivity index (χ0v) is 21.5. The van der Waals surface area contributed by atoms with Crippen molar-refractivity contribution < 1.29 is 14.2 Å². The van der Waals surface area contributed by atoms with Crippen molar-refractivity contribution in [2.45, 2.75) is 12.8 Å². The number of hydrogen-bond donors (Lipinski definition) is 1. The Morgan fingerprint density at radius 3 is 2.63 bits per heavy atom. The van der Waals surface area contributed by atoms with Crippen molar-refractivity contribution in [3.63, 3.8) is 0 Å². The quantitative estimate of drug-likeness (QED) is 0.300. The van der Waals surface area contributed by atoms with E-state index in [9.17, 15) is 5.26 Å². The second-order valence-corrected chi connectivity index (χ2v) is 9.17. The van der Waals surface area contributed by atoms with Gasteiger partial charge in [0.05, 0.1) is 38.2 Å². The van der Waals surface area contributed by atoms with Crippen LogP contribution in [-0.4, -0.2) is 61.4 Å². The molecule has 8 heteroatoms. The monoisotopic (exact) mass is 509 g/mol. The van der Waals surface area contributed by atoms with Crippen molar-refractivity contribution in [3.8, 4) is 17.6 Å². The number of hydrogen-bond acceptors (Lipinski definition) is 8. The van der Waals surface area contributed by atoms with Gasteiger partial charge in [0.15, 0.2) is 11.5 Å². The number of nitriles is 1. The summed E-state index contributed by atoms with van der Waals surface area (Å²) in [5, 5.41) is 14.0. The summed E-state index contributed by atoms with van der Waals surface area (Å²) in [6, 6.07) is 18.3. The molecule has 0 bridgehead atoms. The van der Waals surface area contributed by atoms with Gasteiger partial charge in [-0.05, 0) is 54.3 Å². The van der Waals surface area contributed by atoms with E-state index >= 15 is 0 Å². The summed E-state index contributed by atoms with van der Waals surface area (Å²) in [6.45, 7) is 5.06. The van der Waals surface area contributed by atoms with Gasteiger partial charge >= 0.3 is 0 Å². The van der Waals surface area contributed by atoms with Gasteiger partial charge in [0, 0.05) is 49.3 Å². The van der Waals surface area contributed by atoms with Crippen LogP contribution in [0.25, 0.3) is 10.9 Å². The molecule has 2 aromatic carbocycles. The maximum atomic E-state index is 9.79. The molecule has 1 saturated heterocycles. The molecule has 3 heterocycles. The summed E-state index contributed by atoms with van der Waals surface area (Å²) in [5.74, 6) is 1.21. The summed E-state index contributed by atoms with van der Waals surface area (Å²) in [6.07, 6.45) is 6.95. The Hall–Kier alpha value is -4.19. The van der Waals surface area contributed by atoms with E-state index in [0.29, 0.717) is 34.9 Å². The maximum Gasteiger partial charge on any atom is 0.187 e. The predicted molar refractivity (Wildman–Crippen MR) is 147 cm³/mol. The Bertz CT molecular complexity index is 1400. The maximum absolute atomic E-state index is 9.79. The molecule has 0 aliphatic carbocycles. The van der Waals surface area contributed by atoms with Crippen molar-refractivity contribution in [2.24, 2.45) is 0 Å². The number of methoxy groups -OCH3 is 1. The number of ether oxygens (including phenoxy) is 3. The molecule has 1 fully saturated rings. The van der Waals surface area contributed by atoms with Crippen LogP contribution in [0.3, 0.4) is 0 Å². The van der Waals surface area contributed by atoms with Crippen molar-refractivity contribution in [1.29, 1.82) is 5.26 Å². The van der Waals surface area contributed by atoms with E-state index in [2.05, 4.69) is 44.5 Å². The van der Waals surface area contributed by atoms with Gasteiger partial charge in [0.25, 0.3) is 0 Å². The highest BCUT2D eigenvalue weighted by Gasteiger charge is 2.17. The number of aromatic nitrogens is 2. The minimum Gasteiger partial charge on any atom is -0.491 e. The molecule has 1 aliphatic heterocycles. The van der Waals surface area contributed by atoms with Gasteiger partial charge in [-0.15, -0.1) is 0 Å². The predicted octanol–water partition coefficient (Wildman–Crippen LogP) is 4.95. The van der Waals surface area contributed by atoms with Crippen LogP contribution >= 0.6 is 0 Å². The van der Waals surface area contributed by atoms with E-state index in [1.807, 2.05) is 36.5 Å². The first-order chi connectivity index (χ1) is 18.7. The molecule has 0 spiro atoms. The molecule has 0 saturated carbocycles. The molecule has 2 aromatic heterocycles. The minimum absolute atomic E-state index is 0.457. The number of rotatable bonds is 10. The Morgan fingerprint density at radius 2 is 1.89 bits per heavy atom. The summed E-state index contributed by atoms with van der Waals surface area (Å²) in [5.41, 5.74) is 5.01. The first-order valence-electron chi connectivity index (χ1n) is 12.8. The van der Waals surface area contributed by atoms with Gasteiger partial charge in [0.2, 0.25) is 0 Å². The molecule has 8 nitrogen and oxygen atoms in total. The number of nitrogens with one attached hydrogen (secondary N) is 1. The second kappa shape index (κ2) is 12.4. The summed E-state index contributed by atoms with van der Waals surface area (Å²) in [7, 11) is 1.61. The molecule has 0 unspecified atom stereocenters. The highest BCUT2D eigenvalue weighted by molar-refractivity contribution is 5.99. The molecule has 4 aromatic rings. The smallest absolute Gasteiger partial charge is 0.187 e. The van der Waals surface area contributed by atoms with E-state index in [1.54, 1.807) is 19.5 Å². The zero-order valence-electron chi connectivity index (χ0n) is 21.5. The molecule has 0 radical (unpaired) electrons. The highest BCUT2D eigenvalue weighted by Crippen LogP contribution is 2.39. The third-order valence-electron chi connectivity index (χ3n) is 6.62. The van der Waals surface area contributed by atoms with Gasteiger partial charge in [0.1, 0.15) is 11.6 Å². The van der Waals surface area contributed by atoms with Crippen LogP contribution in [0, 0.1) is 11.3 Å². The second-order valence-electron chi connectivity index (χ2n) is 9.17. The van der Waals surface area contributed by atoms with Crippen LogP contribution in [0.4, 0.5) is 11.4 Å². The van der Waals surface area contributed by atoms with Crippen LogP contribution in [-0.2, 0) is 11.2 Å². The number of benzene rings is 2. The van der Waals surface area contributed by atoms with Gasteiger partial charge in [-0.2, -0.15) is 5.26 Å². The Balaban J connectivity index is 1.33. The molecule has 194 valence electrons. The van der Waals surface area contributed by atoms with E-state index in [-0.39, 0.29) is 0 Å². The lowest BCUT2D eigenvalue weighted by Gasteiger charge is -2.26. The summed E-state index contributed by atoms with van der Waals surface area (Å²) in [4.78, 5) is 11.1. The van der Waals surface area contributed by atoms with Gasteiger partial charge in [-0.25, -0.2) is 0 Å². The third kappa shape index (κ3) is 6.02. The third-order valence-corrected chi connectivity index (χ3v) is 6.62. The van der Waals surface area contributed by atoms with Crippen molar-refractivity contribution in [2.75, 3.05) is 51.9 Å². The molecular weight excluding hydrogens is 478 g/mol. The van der Waals surface area contributed by atoms with Gasteiger partial charge < -0.3 is 19.5 Å². The first kappa shape index (κ1) is 25.5. The van der Waals surface area contributed by atoms with Crippen LogP contribution in [0.15, 0.2) is 67.1 Å². The van der Waals surface area contributed by atoms with E-state index < -0.39 is 0 Å². The molecule has 5 rings (SSSR count). The normalized spacial score (nSPS) is 13.7. The lowest BCUT2D eigenvalue weighted by Crippen LogP contribution is -2.37. The molecule has 38 heavy (non-hydrogen) atoms. The largest absolute Gasteiger partial charge is 0.491 e. The lowest BCUT2D eigenvalue weighted by atomic mass is 10.1. The Morgan fingerprint density at radius 1 is 1.05 bits per heavy atom.